The van der Waals surface area contributed by atoms with Crippen LogP contribution in [0.3, 0.4) is 0 Å². The van der Waals surface area contributed by atoms with Crippen LogP contribution in [0.4, 0.5) is 4.39 Å². The Morgan fingerprint density at radius 3 is 2.19 bits per heavy atom. The first kappa shape index (κ1) is 14.2. The molecule has 90 valence electrons. The van der Waals surface area contributed by atoms with Gasteiger partial charge in [0.15, 0.2) is 0 Å². The topological polar surface area (TPSA) is 0 Å². The molecule has 0 radical (unpaired) electrons. The SMILES string of the molecule is CC(C)C(CBr)(CBr)Cc1ccccc1F. The number of hydrogen-bond donors (Lipinski definition) is 0. The molecular formula is C13H17Br2F. The first-order valence-electron chi connectivity index (χ1n) is 5.41. The summed E-state index contributed by atoms with van der Waals surface area (Å²) in [7, 11) is 0. The predicted molar refractivity (Wildman–Crippen MR) is 75.0 cm³/mol. The van der Waals surface area contributed by atoms with Gasteiger partial charge in [0.05, 0.1) is 0 Å². The van der Waals surface area contributed by atoms with Crippen LogP contribution in [0.25, 0.3) is 0 Å². The molecule has 1 rings (SSSR count). The zero-order valence-electron chi connectivity index (χ0n) is 9.64. The lowest BCUT2D eigenvalue weighted by Crippen LogP contribution is -2.34. The standard InChI is InChI=1S/C13H17Br2F/c1-10(2)13(8-14,9-15)7-11-5-3-4-6-12(11)16/h3-6,10H,7-9H2,1-2H3. The van der Waals surface area contributed by atoms with Gasteiger partial charge in [0.1, 0.15) is 5.82 Å². The van der Waals surface area contributed by atoms with E-state index in [4.69, 9.17) is 0 Å². The van der Waals surface area contributed by atoms with Gasteiger partial charge in [0.2, 0.25) is 0 Å². The highest BCUT2D eigenvalue weighted by molar-refractivity contribution is 9.09. The molecule has 0 N–H and O–H groups in total. The normalized spacial score (nSPS) is 12.1. The molecule has 3 heteroatoms. The quantitative estimate of drug-likeness (QED) is 0.668. The van der Waals surface area contributed by atoms with E-state index in [1.165, 1.54) is 6.07 Å². The lowest BCUT2D eigenvalue weighted by atomic mass is 9.76. The van der Waals surface area contributed by atoms with E-state index < -0.39 is 0 Å². The van der Waals surface area contributed by atoms with Crippen LogP contribution >= 0.6 is 31.9 Å². The molecule has 16 heavy (non-hydrogen) atoms. The zero-order valence-corrected chi connectivity index (χ0v) is 12.8. The highest BCUT2D eigenvalue weighted by Crippen LogP contribution is 2.36. The fraction of sp³-hybridized carbons (Fsp3) is 0.538. The van der Waals surface area contributed by atoms with E-state index in [2.05, 4.69) is 45.7 Å². The molecule has 0 spiro atoms. The molecule has 0 aromatic heterocycles. The molecule has 0 bridgehead atoms. The molecule has 0 aliphatic carbocycles. The Labute approximate surface area is 114 Å². The van der Waals surface area contributed by atoms with Crippen molar-refractivity contribution in [2.24, 2.45) is 11.3 Å². The molecule has 0 amide bonds. The van der Waals surface area contributed by atoms with Crippen molar-refractivity contribution < 1.29 is 4.39 Å². The highest BCUT2D eigenvalue weighted by atomic mass is 79.9. The van der Waals surface area contributed by atoms with Gasteiger partial charge in [-0.05, 0) is 29.4 Å². The molecule has 0 nitrogen and oxygen atoms in total. The molecule has 1 aromatic carbocycles. The van der Waals surface area contributed by atoms with Crippen molar-refractivity contribution in [2.75, 3.05) is 10.7 Å². The fourth-order valence-electron chi connectivity index (χ4n) is 1.66. The molecule has 0 fully saturated rings. The molecule has 0 atom stereocenters. The first-order chi connectivity index (χ1) is 7.55. The highest BCUT2D eigenvalue weighted by Gasteiger charge is 2.32. The average molecular weight is 352 g/mol. The van der Waals surface area contributed by atoms with E-state index in [-0.39, 0.29) is 11.2 Å². The van der Waals surface area contributed by atoms with Crippen LogP contribution in [-0.2, 0) is 6.42 Å². The van der Waals surface area contributed by atoms with Crippen LogP contribution in [0.5, 0.6) is 0 Å². The second kappa shape index (κ2) is 6.15. The third-order valence-electron chi connectivity index (χ3n) is 3.26. The van der Waals surface area contributed by atoms with Crippen LogP contribution in [0.1, 0.15) is 19.4 Å². The van der Waals surface area contributed by atoms with Gasteiger partial charge in [-0.1, -0.05) is 63.9 Å². The van der Waals surface area contributed by atoms with Gasteiger partial charge in [0, 0.05) is 10.7 Å². The van der Waals surface area contributed by atoms with Crippen molar-refractivity contribution in [1.82, 2.24) is 0 Å². The lowest BCUT2D eigenvalue weighted by Gasteiger charge is -2.34. The summed E-state index contributed by atoms with van der Waals surface area (Å²) in [5, 5.41) is 1.74. The third kappa shape index (κ3) is 3.07. The van der Waals surface area contributed by atoms with E-state index >= 15 is 0 Å². The molecular weight excluding hydrogens is 335 g/mol. The monoisotopic (exact) mass is 350 g/mol. The van der Waals surface area contributed by atoms with E-state index in [1.807, 2.05) is 12.1 Å². The second-order valence-corrected chi connectivity index (χ2v) is 5.67. The summed E-state index contributed by atoms with van der Waals surface area (Å²) in [5.41, 5.74) is 0.873. The number of halogens is 3. The number of benzene rings is 1. The lowest BCUT2D eigenvalue weighted by molar-refractivity contribution is 0.265. The maximum absolute atomic E-state index is 13.6. The van der Waals surface area contributed by atoms with E-state index in [1.54, 1.807) is 6.07 Å². The summed E-state index contributed by atoms with van der Waals surface area (Å²) in [5.74, 6) is 0.389. The Morgan fingerprint density at radius 1 is 1.19 bits per heavy atom. The Bertz CT molecular complexity index is 332. The maximum atomic E-state index is 13.6. The maximum Gasteiger partial charge on any atom is 0.126 e. The summed E-state index contributed by atoms with van der Waals surface area (Å²) in [6.45, 7) is 4.37. The average Bonchev–Trinajstić information content (AvgIpc) is 2.28. The van der Waals surface area contributed by atoms with E-state index in [0.29, 0.717) is 5.92 Å². The van der Waals surface area contributed by atoms with Crippen LogP contribution < -0.4 is 0 Å². The van der Waals surface area contributed by atoms with Crippen molar-refractivity contribution >= 4 is 31.9 Å². The van der Waals surface area contributed by atoms with Crippen LogP contribution in [0, 0.1) is 17.2 Å². The Morgan fingerprint density at radius 2 is 1.75 bits per heavy atom. The first-order valence-corrected chi connectivity index (χ1v) is 7.65. The van der Waals surface area contributed by atoms with Gasteiger partial charge in [-0.2, -0.15) is 0 Å². The Kier molecular flexibility index (Phi) is 5.45. The molecule has 0 heterocycles. The van der Waals surface area contributed by atoms with Gasteiger partial charge < -0.3 is 0 Å². The van der Waals surface area contributed by atoms with Crippen molar-refractivity contribution in [2.45, 2.75) is 20.3 Å². The summed E-state index contributed by atoms with van der Waals surface area (Å²) >= 11 is 7.13. The smallest absolute Gasteiger partial charge is 0.126 e. The summed E-state index contributed by atoms with van der Waals surface area (Å²) in [4.78, 5) is 0. The van der Waals surface area contributed by atoms with Crippen molar-refractivity contribution in [3.63, 3.8) is 0 Å². The number of rotatable bonds is 5. The Hall–Kier alpha value is 0.110. The minimum absolute atomic E-state index is 0.0716. The molecule has 0 saturated heterocycles. The predicted octanol–water partition coefficient (Wildman–Crippen LogP) is 4.80. The minimum atomic E-state index is -0.102. The molecule has 0 saturated carbocycles. The van der Waals surface area contributed by atoms with Crippen molar-refractivity contribution in [1.29, 1.82) is 0 Å². The van der Waals surface area contributed by atoms with Gasteiger partial charge >= 0.3 is 0 Å². The largest absolute Gasteiger partial charge is 0.207 e. The van der Waals surface area contributed by atoms with E-state index in [9.17, 15) is 4.39 Å². The third-order valence-corrected chi connectivity index (χ3v) is 5.49. The summed E-state index contributed by atoms with van der Waals surface area (Å²) in [6, 6.07) is 7.03. The summed E-state index contributed by atoms with van der Waals surface area (Å²) < 4.78 is 13.6. The zero-order chi connectivity index (χ0) is 12.2. The van der Waals surface area contributed by atoms with Crippen LogP contribution in [0.2, 0.25) is 0 Å². The second-order valence-electron chi connectivity index (χ2n) is 4.55. The number of alkyl halides is 2. The molecule has 0 aliphatic rings. The fourth-order valence-corrected chi connectivity index (χ4v) is 4.28. The summed E-state index contributed by atoms with van der Waals surface area (Å²) in [6.07, 6.45) is 0.758. The van der Waals surface area contributed by atoms with Gasteiger partial charge in [-0.25, -0.2) is 4.39 Å². The molecule has 0 unspecified atom stereocenters. The van der Waals surface area contributed by atoms with Gasteiger partial charge in [-0.3, -0.25) is 0 Å². The molecule has 0 aliphatic heterocycles. The van der Waals surface area contributed by atoms with Crippen LogP contribution in [0.15, 0.2) is 24.3 Å². The van der Waals surface area contributed by atoms with E-state index in [0.717, 1.165) is 22.6 Å². The Balaban J connectivity index is 2.96. The number of hydrogen-bond acceptors (Lipinski definition) is 0. The van der Waals surface area contributed by atoms with Crippen molar-refractivity contribution in [3.8, 4) is 0 Å². The minimum Gasteiger partial charge on any atom is -0.207 e. The van der Waals surface area contributed by atoms with Gasteiger partial charge in [-0.15, -0.1) is 0 Å². The molecule has 1 aromatic rings. The van der Waals surface area contributed by atoms with Gasteiger partial charge in [0.25, 0.3) is 0 Å². The van der Waals surface area contributed by atoms with Crippen molar-refractivity contribution in [3.05, 3.63) is 35.6 Å². The van der Waals surface area contributed by atoms with Crippen LogP contribution in [-0.4, -0.2) is 10.7 Å².